The molecule has 3 aromatic carbocycles. The third kappa shape index (κ3) is 2.74. The molecule has 2 heterocycles. The molecular formula is C23H16ClNO3. The fourth-order valence-corrected chi connectivity index (χ4v) is 3.84. The van der Waals surface area contributed by atoms with Gasteiger partial charge >= 0.3 is 0 Å². The van der Waals surface area contributed by atoms with Crippen LogP contribution < -0.4 is 15.1 Å². The van der Waals surface area contributed by atoms with Gasteiger partial charge in [0.05, 0.1) is 33.8 Å². The first-order chi connectivity index (χ1) is 13.7. The molecule has 0 N–H and O–H groups in total. The summed E-state index contributed by atoms with van der Waals surface area (Å²) in [4.78, 5) is 15.1. The van der Waals surface area contributed by atoms with Gasteiger partial charge in [-0.05, 0) is 29.8 Å². The topological polar surface area (TPSA) is 42.7 Å². The normalized spacial score (nSPS) is 13.2. The van der Waals surface area contributed by atoms with Gasteiger partial charge in [-0.1, -0.05) is 54.1 Å². The lowest BCUT2D eigenvalue weighted by molar-refractivity contribution is 0.289. The molecule has 0 atom stereocenters. The van der Waals surface area contributed by atoms with Gasteiger partial charge in [-0.25, -0.2) is 0 Å². The summed E-state index contributed by atoms with van der Waals surface area (Å²) in [6.07, 6.45) is 1.54. The van der Waals surface area contributed by atoms with E-state index in [9.17, 15) is 4.79 Å². The third-order valence-electron chi connectivity index (χ3n) is 5.00. The zero-order valence-electron chi connectivity index (χ0n) is 14.9. The van der Waals surface area contributed by atoms with E-state index in [1.807, 2.05) is 65.6 Å². The SMILES string of the molecule is O=c1c(-c2ccccc2)coc2c3c(ccc12)OCN(c1ccccc1Cl)C3. The maximum atomic E-state index is 13.1. The highest BCUT2D eigenvalue weighted by atomic mass is 35.5. The number of ether oxygens (including phenoxy) is 1. The lowest BCUT2D eigenvalue weighted by atomic mass is 10.0. The van der Waals surface area contributed by atoms with E-state index in [-0.39, 0.29) is 5.43 Å². The third-order valence-corrected chi connectivity index (χ3v) is 5.32. The molecule has 1 aromatic heterocycles. The van der Waals surface area contributed by atoms with Gasteiger partial charge in [-0.3, -0.25) is 4.79 Å². The quantitative estimate of drug-likeness (QED) is 0.456. The molecule has 4 nitrogen and oxygen atoms in total. The van der Waals surface area contributed by atoms with Gasteiger partial charge < -0.3 is 14.1 Å². The number of hydrogen-bond acceptors (Lipinski definition) is 4. The standard InChI is InChI=1S/C23H16ClNO3/c24-19-8-4-5-9-20(19)25-12-17-21(28-14-25)11-10-16-22(26)18(13-27-23(16)17)15-6-2-1-3-7-15/h1-11,13H,12,14H2. The molecule has 1 aliphatic heterocycles. The van der Waals surface area contributed by atoms with Gasteiger partial charge in [-0.2, -0.15) is 0 Å². The van der Waals surface area contributed by atoms with Crippen molar-refractivity contribution in [1.29, 1.82) is 0 Å². The maximum absolute atomic E-state index is 13.1. The molecule has 138 valence electrons. The van der Waals surface area contributed by atoms with Crippen molar-refractivity contribution >= 4 is 28.3 Å². The van der Waals surface area contributed by atoms with E-state index in [2.05, 4.69) is 0 Å². The first-order valence-corrected chi connectivity index (χ1v) is 9.35. The van der Waals surface area contributed by atoms with Gasteiger partial charge in [0, 0.05) is 0 Å². The summed E-state index contributed by atoms with van der Waals surface area (Å²) in [5.41, 5.74) is 3.62. The molecule has 0 radical (unpaired) electrons. The number of hydrogen-bond donors (Lipinski definition) is 0. The Morgan fingerprint density at radius 3 is 2.54 bits per heavy atom. The smallest absolute Gasteiger partial charge is 0.200 e. The van der Waals surface area contributed by atoms with Crippen LogP contribution in [0.1, 0.15) is 5.56 Å². The Morgan fingerprint density at radius 2 is 1.71 bits per heavy atom. The number of para-hydroxylation sites is 1. The first-order valence-electron chi connectivity index (χ1n) is 8.97. The van der Waals surface area contributed by atoms with E-state index in [0.717, 1.165) is 22.6 Å². The average molecular weight is 390 g/mol. The summed E-state index contributed by atoms with van der Waals surface area (Å²) in [7, 11) is 0. The molecule has 0 saturated heterocycles. The van der Waals surface area contributed by atoms with Crippen LogP contribution in [0, 0.1) is 0 Å². The molecule has 5 rings (SSSR count). The largest absolute Gasteiger partial charge is 0.473 e. The number of benzene rings is 3. The minimum Gasteiger partial charge on any atom is -0.473 e. The summed E-state index contributed by atoms with van der Waals surface area (Å²) < 4.78 is 11.9. The molecule has 4 aromatic rings. The highest BCUT2D eigenvalue weighted by molar-refractivity contribution is 6.33. The molecule has 0 fully saturated rings. The first kappa shape index (κ1) is 16.9. The highest BCUT2D eigenvalue weighted by Crippen LogP contribution is 2.36. The van der Waals surface area contributed by atoms with Crippen molar-refractivity contribution in [3.8, 4) is 16.9 Å². The Labute approximate surface area is 166 Å². The van der Waals surface area contributed by atoms with Gasteiger partial charge in [0.1, 0.15) is 17.6 Å². The van der Waals surface area contributed by atoms with E-state index in [4.69, 9.17) is 20.8 Å². The number of halogens is 1. The Kier molecular flexibility index (Phi) is 4.06. The average Bonchev–Trinajstić information content (AvgIpc) is 2.74. The number of rotatable bonds is 2. The monoisotopic (exact) mass is 389 g/mol. The van der Waals surface area contributed by atoms with Crippen molar-refractivity contribution in [3.63, 3.8) is 0 Å². The molecule has 0 spiro atoms. The van der Waals surface area contributed by atoms with Crippen LogP contribution in [-0.2, 0) is 6.54 Å². The van der Waals surface area contributed by atoms with Crippen LogP contribution in [-0.4, -0.2) is 6.73 Å². The lowest BCUT2D eigenvalue weighted by Gasteiger charge is -2.31. The molecular weight excluding hydrogens is 374 g/mol. The summed E-state index contributed by atoms with van der Waals surface area (Å²) in [5, 5.41) is 1.20. The van der Waals surface area contributed by atoms with Crippen molar-refractivity contribution in [3.05, 3.63) is 93.8 Å². The number of fused-ring (bicyclic) bond motifs is 3. The van der Waals surface area contributed by atoms with Crippen LogP contribution in [0.3, 0.4) is 0 Å². The van der Waals surface area contributed by atoms with E-state index < -0.39 is 0 Å². The maximum Gasteiger partial charge on any atom is 0.200 e. The van der Waals surface area contributed by atoms with Crippen molar-refractivity contribution in [1.82, 2.24) is 0 Å². The van der Waals surface area contributed by atoms with Gasteiger partial charge in [0.15, 0.2) is 6.73 Å². The van der Waals surface area contributed by atoms with Gasteiger partial charge in [0.25, 0.3) is 0 Å². The number of nitrogens with zero attached hydrogens (tertiary/aromatic N) is 1. The van der Waals surface area contributed by atoms with Crippen molar-refractivity contribution < 1.29 is 9.15 Å². The summed E-state index contributed by atoms with van der Waals surface area (Å²) in [6, 6.07) is 20.8. The van der Waals surface area contributed by atoms with Crippen LogP contribution in [0.25, 0.3) is 22.1 Å². The highest BCUT2D eigenvalue weighted by Gasteiger charge is 2.24. The van der Waals surface area contributed by atoms with E-state index >= 15 is 0 Å². The number of anilines is 1. The van der Waals surface area contributed by atoms with Gasteiger partial charge in [-0.15, -0.1) is 0 Å². The fourth-order valence-electron chi connectivity index (χ4n) is 3.59. The predicted octanol–water partition coefficient (Wildman–Crippen LogP) is 5.47. The van der Waals surface area contributed by atoms with Gasteiger partial charge in [0.2, 0.25) is 5.43 Å². The van der Waals surface area contributed by atoms with E-state index in [1.165, 1.54) is 6.26 Å². The van der Waals surface area contributed by atoms with Crippen molar-refractivity contribution in [2.24, 2.45) is 0 Å². The van der Waals surface area contributed by atoms with Crippen LogP contribution in [0.2, 0.25) is 5.02 Å². The molecule has 0 aliphatic carbocycles. The summed E-state index contributed by atoms with van der Waals surface area (Å²) in [6.45, 7) is 0.929. The minimum absolute atomic E-state index is 0.0508. The van der Waals surface area contributed by atoms with Crippen LogP contribution >= 0.6 is 11.6 Å². The fraction of sp³-hybridized carbons (Fsp3) is 0.0870. The zero-order chi connectivity index (χ0) is 19.1. The molecule has 0 unspecified atom stereocenters. The molecule has 28 heavy (non-hydrogen) atoms. The molecule has 0 saturated carbocycles. The Morgan fingerprint density at radius 1 is 0.929 bits per heavy atom. The molecule has 0 bridgehead atoms. The molecule has 1 aliphatic rings. The lowest BCUT2D eigenvalue weighted by Crippen LogP contribution is -2.32. The Bertz CT molecular complexity index is 1230. The van der Waals surface area contributed by atoms with E-state index in [1.54, 1.807) is 6.07 Å². The Balaban J connectivity index is 1.63. The Hall–Kier alpha value is -3.24. The predicted molar refractivity (Wildman–Crippen MR) is 111 cm³/mol. The van der Waals surface area contributed by atoms with Crippen LogP contribution in [0.4, 0.5) is 5.69 Å². The summed E-state index contributed by atoms with van der Waals surface area (Å²) in [5.74, 6) is 0.728. The minimum atomic E-state index is -0.0508. The second kappa shape index (κ2) is 6.73. The van der Waals surface area contributed by atoms with Crippen LogP contribution in [0.15, 0.2) is 82.2 Å². The summed E-state index contributed by atoms with van der Waals surface area (Å²) >= 11 is 6.35. The van der Waals surface area contributed by atoms with E-state index in [0.29, 0.717) is 34.8 Å². The zero-order valence-corrected chi connectivity index (χ0v) is 15.6. The molecule has 0 amide bonds. The second-order valence-corrected chi connectivity index (χ2v) is 7.09. The second-order valence-electron chi connectivity index (χ2n) is 6.69. The van der Waals surface area contributed by atoms with Crippen molar-refractivity contribution in [2.45, 2.75) is 6.54 Å². The molecule has 5 heteroatoms. The van der Waals surface area contributed by atoms with Crippen LogP contribution in [0.5, 0.6) is 5.75 Å². The van der Waals surface area contributed by atoms with Crippen molar-refractivity contribution in [2.75, 3.05) is 11.6 Å².